The van der Waals surface area contributed by atoms with Gasteiger partial charge in [0.2, 0.25) is 0 Å². The monoisotopic (exact) mass is 317 g/mol. The summed E-state index contributed by atoms with van der Waals surface area (Å²) in [5, 5.41) is 4.34. The number of hydrogen-bond donors (Lipinski definition) is 1. The van der Waals surface area contributed by atoms with Crippen LogP contribution in [0.2, 0.25) is 10.0 Å². The molecule has 0 amide bonds. The van der Waals surface area contributed by atoms with Crippen LogP contribution in [-0.2, 0) is 4.74 Å². The third-order valence-electron chi connectivity index (χ3n) is 3.41. The quantitative estimate of drug-likeness (QED) is 0.866. The Labute approximate surface area is 130 Å². The van der Waals surface area contributed by atoms with E-state index in [0.29, 0.717) is 28.3 Å². The van der Waals surface area contributed by atoms with Gasteiger partial charge in [-0.25, -0.2) is 0 Å². The van der Waals surface area contributed by atoms with Gasteiger partial charge in [-0.2, -0.15) is 0 Å². The Bertz CT molecular complexity index is 434. The number of rotatable bonds is 6. The van der Waals surface area contributed by atoms with Crippen molar-refractivity contribution < 1.29 is 9.47 Å². The standard InChI is InChI=1S/C15H21Cl2NO2/c1-10(2)19-9-14(11-6-7-18-8-11)20-13-5-3-4-12(16)15(13)17/h3-5,10-11,14,18H,6-9H2,1-2H3/t11-,14-/m1/s1. The van der Waals surface area contributed by atoms with Crippen LogP contribution in [0.3, 0.4) is 0 Å². The highest BCUT2D eigenvalue weighted by Gasteiger charge is 2.27. The maximum absolute atomic E-state index is 6.19. The van der Waals surface area contributed by atoms with E-state index in [1.54, 1.807) is 6.07 Å². The van der Waals surface area contributed by atoms with Crippen LogP contribution in [0, 0.1) is 5.92 Å². The van der Waals surface area contributed by atoms with Crippen LogP contribution < -0.4 is 10.1 Å². The SMILES string of the molecule is CC(C)OC[C@@H](Oc1cccc(Cl)c1Cl)[C@@H]1CCNC1. The van der Waals surface area contributed by atoms with Gasteiger partial charge in [0, 0.05) is 12.5 Å². The Morgan fingerprint density at radius 3 is 2.80 bits per heavy atom. The number of nitrogens with one attached hydrogen (secondary N) is 1. The van der Waals surface area contributed by atoms with Crippen molar-refractivity contribution in [3.63, 3.8) is 0 Å². The van der Waals surface area contributed by atoms with E-state index in [9.17, 15) is 0 Å². The molecule has 20 heavy (non-hydrogen) atoms. The summed E-state index contributed by atoms with van der Waals surface area (Å²) in [6.45, 7) is 6.58. The molecule has 2 rings (SSSR count). The molecule has 1 saturated heterocycles. The van der Waals surface area contributed by atoms with Crippen molar-refractivity contribution in [3.05, 3.63) is 28.2 Å². The molecule has 0 saturated carbocycles. The van der Waals surface area contributed by atoms with Crippen molar-refractivity contribution in [1.29, 1.82) is 0 Å². The lowest BCUT2D eigenvalue weighted by molar-refractivity contribution is -0.00362. The van der Waals surface area contributed by atoms with Gasteiger partial charge >= 0.3 is 0 Å². The van der Waals surface area contributed by atoms with Crippen molar-refractivity contribution in [1.82, 2.24) is 5.32 Å². The van der Waals surface area contributed by atoms with Crippen LogP contribution in [0.5, 0.6) is 5.75 Å². The lowest BCUT2D eigenvalue weighted by Crippen LogP contribution is -2.34. The number of halogens is 2. The van der Waals surface area contributed by atoms with E-state index in [0.717, 1.165) is 19.5 Å². The first kappa shape index (κ1) is 15.9. The zero-order chi connectivity index (χ0) is 14.5. The number of benzene rings is 1. The van der Waals surface area contributed by atoms with Crippen molar-refractivity contribution in [2.24, 2.45) is 5.92 Å². The molecular weight excluding hydrogens is 297 g/mol. The van der Waals surface area contributed by atoms with Gasteiger partial charge in [0.15, 0.2) is 0 Å². The first-order chi connectivity index (χ1) is 9.58. The van der Waals surface area contributed by atoms with Crippen LogP contribution in [0.25, 0.3) is 0 Å². The minimum Gasteiger partial charge on any atom is -0.486 e. The van der Waals surface area contributed by atoms with E-state index in [1.165, 1.54) is 0 Å². The van der Waals surface area contributed by atoms with Crippen LogP contribution >= 0.6 is 23.2 Å². The average molecular weight is 318 g/mol. The van der Waals surface area contributed by atoms with E-state index in [1.807, 2.05) is 26.0 Å². The van der Waals surface area contributed by atoms with Gasteiger partial charge < -0.3 is 14.8 Å². The molecular formula is C15H21Cl2NO2. The fourth-order valence-electron chi connectivity index (χ4n) is 2.29. The summed E-state index contributed by atoms with van der Waals surface area (Å²) in [5.41, 5.74) is 0. The third-order valence-corrected chi connectivity index (χ3v) is 4.21. The summed E-state index contributed by atoms with van der Waals surface area (Å²) in [6, 6.07) is 5.45. The van der Waals surface area contributed by atoms with Crippen LogP contribution in [0.4, 0.5) is 0 Å². The van der Waals surface area contributed by atoms with Crippen molar-refractivity contribution in [2.75, 3.05) is 19.7 Å². The smallest absolute Gasteiger partial charge is 0.139 e. The van der Waals surface area contributed by atoms with E-state index >= 15 is 0 Å². The highest BCUT2D eigenvalue weighted by molar-refractivity contribution is 6.42. The van der Waals surface area contributed by atoms with Gasteiger partial charge in [0.1, 0.15) is 16.9 Å². The number of hydrogen-bond acceptors (Lipinski definition) is 3. The van der Waals surface area contributed by atoms with Gasteiger partial charge in [-0.1, -0.05) is 29.3 Å². The fourth-order valence-corrected chi connectivity index (χ4v) is 2.62. The molecule has 0 radical (unpaired) electrons. The summed E-state index contributed by atoms with van der Waals surface area (Å²) < 4.78 is 11.8. The van der Waals surface area contributed by atoms with E-state index < -0.39 is 0 Å². The second-order valence-corrected chi connectivity index (χ2v) is 6.13. The number of ether oxygens (including phenoxy) is 2. The highest BCUT2D eigenvalue weighted by Crippen LogP contribution is 2.33. The van der Waals surface area contributed by atoms with Gasteiger partial charge in [-0.15, -0.1) is 0 Å². The summed E-state index contributed by atoms with van der Waals surface area (Å²) in [7, 11) is 0. The summed E-state index contributed by atoms with van der Waals surface area (Å²) in [4.78, 5) is 0. The topological polar surface area (TPSA) is 30.5 Å². The van der Waals surface area contributed by atoms with Gasteiger partial charge in [0.25, 0.3) is 0 Å². The Balaban J connectivity index is 2.07. The molecule has 0 bridgehead atoms. The van der Waals surface area contributed by atoms with Crippen molar-refractivity contribution in [3.8, 4) is 5.75 Å². The molecule has 5 heteroatoms. The molecule has 1 N–H and O–H groups in total. The molecule has 112 valence electrons. The third kappa shape index (κ3) is 4.26. The molecule has 1 heterocycles. The molecule has 1 aromatic carbocycles. The Hall–Kier alpha value is -0.480. The lowest BCUT2D eigenvalue weighted by Gasteiger charge is -2.25. The van der Waals surface area contributed by atoms with Crippen molar-refractivity contribution in [2.45, 2.75) is 32.5 Å². The molecule has 1 aromatic rings. The highest BCUT2D eigenvalue weighted by atomic mass is 35.5. The molecule has 0 unspecified atom stereocenters. The van der Waals surface area contributed by atoms with Gasteiger partial charge in [-0.3, -0.25) is 0 Å². The second kappa shape index (κ2) is 7.51. The molecule has 3 nitrogen and oxygen atoms in total. The molecule has 0 aliphatic carbocycles. The fraction of sp³-hybridized carbons (Fsp3) is 0.600. The first-order valence-corrected chi connectivity index (χ1v) is 7.76. The lowest BCUT2D eigenvalue weighted by atomic mass is 10.0. The normalized spacial score (nSPS) is 20.4. The summed E-state index contributed by atoms with van der Waals surface area (Å²) in [6.07, 6.45) is 1.26. The minimum absolute atomic E-state index is 0.0108. The Kier molecular flexibility index (Phi) is 5.97. The molecule has 0 aromatic heterocycles. The Morgan fingerprint density at radius 1 is 1.35 bits per heavy atom. The maximum Gasteiger partial charge on any atom is 0.139 e. The van der Waals surface area contributed by atoms with Crippen LogP contribution in [0.1, 0.15) is 20.3 Å². The minimum atomic E-state index is -0.0108. The zero-order valence-electron chi connectivity index (χ0n) is 11.9. The summed E-state index contributed by atoms with van der Waals surface area (Å²) >= 11 is 12.2. The van der Waals surface area contributed by atoms with E-state index in [4.69, 9.17) is 32.7 Å². The second-order valence-electron chi connectivity index (χ2n) is 5.34. The van der Waals surface area contributed by atoms with E-state index in [2.05, 4.69) is 5.32 Å². The predicted molar refractivity (Wildman–Crippen MR) is 82.9 cm³/mol. The summed E-state index contributed by atoms with van der Waals surface area (Å²) in [5.74, 6) is 1.06. The van der Waals surface area contributed by atoms with Gasteiger partial charge in [0.05, 0.1) is 17.7 Å². The average Bonchev–Trinajstić information content (AvgIpc) is 2.93. The Morgan fingerprint density at radius 2 is 2.15 bits per heavy atom. The molecule has 1 fully saturated rings. The molecule has 2 atom stereocenters. The van der Waals surface area contributed by atoms with Crippen LogP contribution in [0.15, 0.2) is 18.2 Å². The largest absolute Gasteiger partial charge is 0.486 e. The van der Waals surface area contributed by atoms with E-state index in [-0.39, 0.29) is 12.2 Å². The predicted octanol–water partition coefficient (Wildman–Crippen LogP) is 3.78. The zero-order valence-corrected chi connectivity index (χ0v) is 13.4. The van der Waals surface area contributed by atoms with Crippen molar-refractivity contribution >= 4 is 23.2 Å². The molecule has 0 spiro atoms. The van der Waals surface area contributed by atoms with Crippen LogP contribution in [-0.4, -0.2) is 31.9 Å². The maximum atomic E-state index is 6.19. The molecule has 1 aliphatic rings. The first-order valence-electron chi connectivity index (χ1n) is 7.01. The van der Waals surface area contributed by atoms with Gasteiger partial charge in [-0.05, 0) is 38.9 Å². The molecule has 1 aliphatic heterocycles.